The lowest BCUT2D eigenvalue weighted by Crippen LogP contribution is -2.42. The normalized spacial score (nSPS) is 25.1. The van der Waals surface area contributed by atoms with Crippen LogP contribution in [0.1, 0.15) is 26.2 Å². The third kappa shape index (κ3) is 4.17. The molecule has 0 unspecified atom stereocenters. The molecule has 0 aliphatic carbocycles. The first-order chi connectivity index (χ1) is 10.8. The Balaban J connectivity index is 1.50. The average molecular weight is 303 g/mol. The number of hydrogen-bond donors (Lipinski definition) is 0. The van der Waals surface area contributed by atoms with Gasteiger partial charge in [0.1, 0.15) is 0 Å². The lowest BCUT2D eigenvalue weighted by Gasteiger charge is -2.34. The van der Waals surface area contributed by atoms with Gasteiger partial charge >= 0.3 is 0 Å². The molecule has 0 saturated carbocycles. The second kappa shape index (κ2) is 7.88. The molecule has 0 radical (unpaired) electrons. The lowest BCUT2D eigenvalue weighted by molar-refractivity contribution is 0.140. The molecule has 0 spiro atoms. The van der Waals surface area contributed by atoms with Crippen LogP contribution in [0.5, 0.6) is 0 Å². The molecule has 0 N–H and O–H groups in total. The highest BCUT2D eigenvalue weighted by molar-refractivity contribution is 5.28. The summed E-state index contributed by atoms with van der Waals surface area (Å²) in [4.78, 5) is 16.4. The topological polar surface area (TPSA) is 35.5 Å². The predicted molar refractivity (Wildman–Crippen MR) is 90.1 cm³/mol. The number of aromatic nitrogens is 2. The van der Waals surface area contributed by atoms with Crippen LogP contribution in [0.25, 0.3) is 0 Å². The van der Waals surface area contributed by atoms with Gasteiger partial charge in [0, 0.05) is 45.1 Å². The molecule has 5 heteroatoms. The van der Waals surface area contributed by atoms with Crippen molar-refractivity contribution in [2.24, 2.45) is 5.92 Å². The molecular formula is C17H29N5. The first kappa shape index (κ1) is 15.7. The summed E-state index contributed by atoms with van der Waals surface area (Å²) >= 11 is 0. The van der Waals surface area contributed by atoms with Crippen LogP contribution in [0, 0.1) is 5.92 Å². The zero-order chi connectivity index (χ0) is 15.2. The fraction of sp³-hybridized carbons (Fsp3) is 0.765. The lowest BCUT2D eigenvalue weighted by atomic mass is 9.97. The summed E-state index contributed by atoms with van der Waals surface area (Å²) in [6, 6.07) is 1.89. The first-order valence-electron chi connectivity index (χ1n) is 8.82. The molecule has 0 aromatic carbocycles. The van der Waals surface area contributed by atoms with Gasteiger partial charge in [-0.2, -0.15) is 0 Å². The maximum Gasteiger partial charge on any atom is 0.225 e. The van der Waals surface area contributed by atoms with Crippen molar-refractivity contribution >= 4 is 5.95 Å². The van der Waals surface area contributed by atoms with Gasteiger partial charge in [0.05, 0.1) is 0 Å². The van der Waals surface area contributed by atoms with Gasteiger partial charge in [0.15, 0.2) is 0 Å². The molecule has 2 saturated heterocycles. The molecule has 3 heterocycles. The van der Waals surface area contributed by atoms with E-state index in [4.69, 9.17) is 0 Å². The van der Waals surface area contributed by atoms with Gasteiger partial charge in [-0.15, -0.1) is 0 Å². The number of likely N-dealkylation sites (tertiary alicyclic amines) is 1. The number of nitrogens with zero attached hydrogens (tertiary/aromatic N) is 5. The van der Waals surface area contributed by atoms with Crippen LogP contribution < -0.4 is 4.90 Å². The molecule has 2 aliphatic heterocycles. The van der Waals surface area contributed by atoms with Gasteiger partial charge in [-0.05, 0) is 50.9 Å². The van der Waals surface area contributed by atoms with Crippen molar-refractivity contribution in [3.8, 4) is 0 Å². The molecule has 2 fully saturated rings. The monoisotopic (exact) mass is 303 g/mol. The Morgan fingerprint density at radius 1 is 1.00 bits per heavy atom. The molecule has 5 nitrogen and oxygen atoms in total. The Bertz CT molecular complexity index is 438. The smallest absolute Gasteiger partial charge is 0.225 e. The number of piperidine rings is 1. The summed E-state index contributed by atoms with van der Waals surface area (Å²) in [5.74, 6) is 1.74. The Hall–Kier alpha value is -1.20. The van der Waals surface area contributed by atoms with Crippen LogP contribution >= 0.6 is 0 Å². The van der Waals surface area contributed by atoms with E-state index in [0.29, 0.717) is 0 Å². The van der Waals surface area contributed by atoms with Crippen molar-refractivity contribution in [1.82, 2.24) is 19.8 Å². The summed E-state index contributed by atoms with van der Waals surface area (Å²) in [7, 11) is 0. The van der Waals surface area contributed by atoms with Gasteiger partial charge in [-0.25, -0.2) is 9.97 Å². The van der Waals surface area contributed by atoms with E-state index in [2.05, 4.69) is 31.6 Å². The molecule has 0 bridgehead atoms. The van der Waals surface area contributed by atoms with E-state index in [1.54, 1.807) is 0 Å². The number of anilines is 1. The maximum absolute atomic E-state index is 4.40. The summed E-state index contributed by atoms with van der Waals surface area (Å²) in [6.07, 6.45) is 7.66. The molecule has 3 rings (SSSR count). The first-order valence-corrected chi connectivity index (χ1v) is 8.82. The molecule has 1 aromatic rings. The molecule has 22 heavy (non-hydrogen) atoms. The summed E-state index contributed by atoms with van der Waals surface area (Å²) in [6.45, 7) is 11.8. The van der Waals surface area contributed by atoms with Crippen LogP contribution in [0.3, 0.4) is 0 Å². The van der Waals surface area contributed by atoms with E-state index >= 15 is 0 Å². The molecule has 122 valence electrons. The molecular weight excluding hydrogens is 274 g/mol. The van der Waals surface area contributed by atoms with E-state index in [0.717, 1.165) is 31.5 Å². The Morgan fingerprint density at radius 3 is 2.64 bits per heavy atom. The van der Waals surface area contributed by atoms with Gasteiger partial charge in [-0.1, -0.05) is 6.92 Å². The Labute approximate surface area is 134 Å². The van der Waals surface area contributed by atoms with Crippen LogP contribution in [0.2, 0.25) is 0 Å². The van der Waals surface area contributed by atoms with Gasteiger partial charge in [-0.3, -0.25) is 0 Å². The van der Waals surface area contributed by atoms with E-state index < -0.39 is 0 Å². The average Bonchev–Trinajstić information content (AvgIpc) is 2.81. The zero-order valence-electron chi connectivity index (χ0n) is 13.8. The standard InChI is InChI=1S/C17H29N5/c1-2-20-9-3-6-16(14-20)15-21-10-5-11-22(13-12-21)17-18-7-4-8-19-17/h4,7-8,16H,2-3,5-6,9-15H2,1H3/t16-/m1/s1. The van der Waals surface area contributed by atoms with Crippen molar-refractivity contribution in [3.63, 3.8) is 0 Å². The minimum absolute atomic E-state index is 0.855. The van der Waals surface area contributed by atoms with Crippen molar-refractivity contribution in [2.75, 3.05) is 57.3 Å². The molecule has 1 atom stereocenters. The Kier molecular flexibility index (Phi) is 5.62. The molecule has 2 aliphatic rings. The second-order valence-corrected chi connectivity index (χ2v) is 6.59. The second-order valence-electron chi connectivity index (χ2n) is 6.59. The minimum atomic E-state index is 0.855. The van der Waals surface area contributed by atoms with Crippen molar-refractivity contribution < 1.29 is 0 Å². The quantitative estimate of drug-likeness (QED) is 0.846. The van der Waals surface area contributed by atoms with Crippen molar-refractivity contribution in [1.29, 1.82) is 0 Å². The van der Waals surface area contributed by atoms with E-state index in [1.807, 2.05) is 18.5 Å². The van der Waals surface area contributed by atoms with Crippen LogP contribution in [0.4, 0.5) is 5.95 Å². The van der Waals surface area contributed by atoms with E-state index in [1.165, 1.54) is 52.0 Å². The van der Waals surface area contributed by atoms with E-state index in [-0.39, 0.29) is 0 Å². The van der Waals surface area contributed by atoms with Crippen LogP contribution in [0.15, 0.2) is 18.5 Å². The van der Waals surface area contributed by atoms with Crippen LogP contribution in [-0.4, -0.2) is 72.1 Å². The maximum atomic E-state index is 4.40. The third-order valence-electron chi connectivity index (χ3n) is 4.99. The number of hydrogen-bond acceptors (Lipinski definition) is 5. The molecule has 1 aromatic heterocycles. The van der Waals surface area contributed by atoms with Gasteiger partial charge in [0.25, 0.3) is 0 Å². The fourth-order valence-electron chi connectivity index (χ4n) is 3.76. The summed E-state index contributed by atoms with van der Waals surface area (Å²) in [5, 5.41) is 0. The highest BCUT2D eigenvalue weighted by atomic mass is 15.3. The third-order valence-corrected chi connectivity index (χ3v) is 4.99. The SMILES string of the molecule is CCN1CCC[C@@H](CN2CCCN(c3ncccn3)CC2)C1. The predicted octanol–water partition coefficient (Wildman–Crippen LogP) is 1.72. The van der Waals surface area contributed by atoms with Gasteiger partial charge in [0.2, 0.25) is 5.95 Å². The Morgan fingerprint density at radius 2 is 1.82 bits per heavy atom. The molecule has 0 amide bonds. The summed E-state index contributed by atoms with van der Waals surface area (Å²) < 4.78 is 0. The van der Waals surface area contributed by atoms with Gasteiger partial charge < -0.3 is 14.7 Å². The highest BCUT2D eigenvalue weighted by Crippen LogP contribution is 2.18. The summed E-state index contributed by atoms with van der Waals surface area (Å²) in [5.41, 5.74) is 0. The van der Waals surface area contributed by atoms with Crippen molar-refractivity contribution in [3.05, 3.63) is 18.5 Å². The zero-order valence-corrected chi connectivity index (χ0v) is 13.8. The van der Waals surface area contributed by atoms with E-state index in [9.17, 15) is 0 Å². The fourth-order valence-corrected chi connectivity index (χ4v) is 3.76. The minimum Gasteiger partial charge on any atom is -0.339 e. The largest absolute Gasteiger partial charge is 0.339 e. The van der Waals surface area contributed by atoms with Crippen molar-refractivity contribution in [2.45, 2.75) is 26.2 Å². The highest BCUT2D eigenvalue weighted by Gasteiger charge is 2.23. The number of rotatable bonds is 4. The van der Waals surface area contributed by atoms with Crippen LogP contribution in [-0.2, 0) is 0 Å².